The average Bonchev–Trinajstić information content (AvgIpc) is 2.98. The Balaban J connectivity index is 1.61. The Hall–Kier alpha value is -3.02. The first kappa shape index (κ1) is 17.8. The minimum atomic E-state index is -0.484. The van der Waals surface area contributed by atoms with E-state index in [0.717, 1.165) is 0 Å². The predicted molar refractivity (Wildman–Crippen MR) is 95.0 cm³/mol. The average molecular weight is 354 g/mol. The summed E-state index contributed by atoms with van der Waals surface area (Å²) in [4.78, 5) is 37.4. The van der Waals surface area contributed by atoms with E-state index in [4.69, 9.17) is 0 Å². The van der Waals surface area contributed by atoms with Crippen LogP contribution in [0.5, 0.6) is 0 Å². The fourth-order valence-corrected chi connectivity index (χ4v) is 2.97. The summed E-state index contributed by atoms with van der Waals surface area (Å²) in [5.41, 5.74) is 1.57. The number of carbonyl (C=O) groups is 3. The van der Waals surface area contributed by atoms with Crippen LogP contribution in [0.25, 0.3) is 0 Å². The standard InChI is InChI=1S/C20H19FN2O3/c1-13(24)14-6-8-17(9-7-14)22-20(26)16-10-19(25)23(12-16)11-15-4-2-3-5-18(15)21/h2-9,16H,10-12H2,1H3,(H,22,26). The second-order valence-electron chi connectivity index (χ2n) is 6.39. The number of likely N-dealkylation sites (tertiary alicyclic amines) is 1. The number of halogens is 1. The zero-order valence-corrected chi connectivity index (χ0v) is 14.4. The van der Waals surface area contributed by atoms with E-state index in [1.165, 1.54) is 17.9 Å². The SMILES string of the molecule is CC(=O)c1ccc(NC(=O)C2CC(=O)N(Cc3ccccc3F)C2)cc1. The highest BCUT2D eigenvalue weighted by Crippen LogP contribution is 2.23. The van der Waals surface area contributed by atoms with E-state index >= 15 is 0 Å². The molecule has 1 fully saturated rings. The van der Waals surface area contributed by atoms with Gasteiger partial charge in [-0.05, 0) is 37.3 Å². The number of ketones is 1. The molecule has 2 amide bonds. The lowest BCUT2D eigenvalue weighted by Gasteiger charge is -2.17. The van der Waals surface area contributed by atoms with Gasteiger partial charge in [0.25, 0.3) is 0 Å². The molecule has 0 saturated carbocycles. The number of amides is 2. The highest BCUT2D eigenvalue weighted by atomic mass is 19.1. The van der Waals surface area contributed by atoms with E-state index < -0.39 is 5.92 Å². The molecule has 3 rings (SSSR count). The topological polar surface area (TPSA) is 66.5 Å². The van der Waals surface area contributed by atoms with Crippen molar-refractivity contribution < 1.29 is 18.8 Å². The van der Waals surface area contributed by atoms with Crippen molar-refractivity contribution in [2.24, 2.45) is 5.92 Å². The first-order chi connectivity index (χ1) is 12.4. The Morgan fingerprint density at radius 2 is 1.85 bits per heavy atom. The third-order valence-corrected chi connectivity index (χ3v) is 4.46. The number of rotatable bonds is 5. The lowest BCUT2D eigenvalue weighted by Crippen LogP contribution is -2.28. The summed E-state index contributed by atoms with van der Waals surface area (Å²) in [6.07, 6.45) is 0.103. The van der Waals surface area contributed by atoms with Crippen LogP contribution in [0.2, 0.25) is 0 Å². The van der Waals surface area contributed by atoms with Crippen molar-refractivity contribution in [3.63, 3.8) is 0 Å². The highest BCUT2D eigenvalue weighted by molar-refractivity contribution is 5.98. The molecule has 26 heavy (non-hydrogen) atoms. The first-order valence-corrected chi connectivity index (χ1v) is 8.37. The van der Waals surface area contributed by atoms with Gasteiger partial charge in [0.1, 0.15) is 5.82 Å². The Morgan fingerprint density at radius 3 is 2.50 bits per heavy atom. The minimum absolute atomic E-state index is 0.0481. The largest absolute Gasteiger partial charge is 0.337 e. The molecule has 0 bridgehead atoms. The number of nitrogens with one attached hydrogen (secondary N) is 1. The summed E-state index contributed by atoms with van der Waals surface area (Å²) in [6, 6.07) is 12.9. The molecule has 0 radical (unpaired) electrons. The fourth-order valence-electron chi connectivity index (χ4n) is 2.97. The van der Waals surface area contributed by atoms with Crippen LogP contribution in [0, 0.1) is 11.7 Å². The summed E-state index contributed by atoms with van der Waals surface area (Å²) < 4.78 is 13.8. The first-order valence-electron chi connectivity index (χ1n) is 8.37. The van der Waals surface area contributed by atoms with Gasteiger partial charge in [-0.3, -0.25) is 14.4 Å². The van der Waals surface area contributed by atoms with E-state index in [1.54, 1.807) is 42.5 Å². The second kappa shape index (κ2) is 7.47. The van der Waals surface area contributed by atoms with Crippen molar-refractivity contribution >= 4 is 23.3 Å². The van der Waals surface area contributed by atoms with Crippen molar-refractivity contribution in [2.75, 3.05) is 11.9 Å². The Labute approximate surface area is 150 Å². The molecule has 2 aromatic rings. The number of carbonyl (C=O) groups excluding carboxylic acids is 3. The maximum atomic E-state index is 13.8. The molecule has 0 spiro atoms. The van der Waals surface area contributed by atoms with E-state index in [0.29, 0.717) is 16.8 Å². The number of nitrogens with zero attached hydrogens (tertiary/aromatic N) is 1. The summed E-state index contributed by atoms with van der Waals surface area (Å²) in [7, 11) is 0. The summed E-state index contributed by atoms with van der Waals surface area (Å²) >= 11 is 0. The van der Waals surface area contributed by atoms with Gasteiger partial charge in [-0.1, -0.05) is 18.2 Å². The van der Waals surface area contributed by atoms with Crippen LogP contribution in [-0.4, -0.2) is 29.0 Å². The van der Waals surface area contributed by atoms with Gasteiger partial charge in [-0.15, -0.1) is 0 Å². The van der Waals surface area contributed by atoms with Gasteiger partial charge >= 0.3 is 0 Å². The molecule has 1 aliphatic heterocycles. The normalized spacial score (nSPS) is 16.6. The van der Waals surface area contributed by atoms with Gasteiger partial charge in [0.05, 0.1) is 5.92 Å². The van der Waals surface area contributed by atoms with Crippen molar-refractivity contribution in [2.45, 2.75) is 19.9 Å². The molecule has 134 valence electrons. The molecule has 0 aliphatic carbocycles. The zero-order chi connectivity index (χ0) is 18.7. The molecule has 5 nitrogen and oxygen atoms in total. The molecule has 0 aromatic heterocycles. The van der Waals surface area contributed by atoms with E-state index in [-0.39, 0.29) is 42.9 Å². The van der Waals surface area contributed by atoms with Gasteiger partial charge in [-0.25, -0.2) is 4.39 Å². The third kappa shape index (κ3) is 3.96. The minimum Gasteiger partial charge on any atom is -0.337 e. The Bertz CT molecular complexity index is 848. The van der Waals surface area contributed by atoms with Crippen molar-refractivity contribution in [3.8, 4) is 0 Å². The summed E-state index contributed by atoms with van der Waals surface area (Å²) in [6.45, 7) is 1.88. The van der Waals surface area contributed by atoms with E-state index in [1.807, 2.05) is 0 Å². The van der Waals surface area contributed by atoms with Gasteiger partial charge in [0, 0.05) is 36.3 Å². The van der Waals surface area contributed by atoms with Gasteiger partial charge in [0.2, 0.25) is 11.8 Å². The second-order valence-corrected chi connectivity index (χ2v) is 6.39. The number of hydrogen-bond donors (Lipinski definition) is 1. The van der Waals surface area contributed by atoms with E-state index in [2.05, 4.69) is 5.32 Å². The molecule has 1 heterocycles. The smallest absolute Gasteiger partial charge is 0.229 e. The maximum Gasteiger partial charge on any atom is 0.229 e. The molecule has 1 aliphatic rings. The molecular weight excluding hydrogens is 335 g/mol. The van der Waals surface area contributed by atoms with Crippen LogP contribution >= 0.6 is 0 Å². The Morgan fingerprint density at radius 1 is 1.15 bits per heavy atom. The van der Waals surface area contributed by atoms with Gasteiger partial charge in [-0.2, -0.15) is 0 Å². The predicted octanol–water partition coefficient (Wildman–Crippen LogP) is 3.02. The molecular formula is C20H19FN2O3. The molecule has 2 aromatic carbocycles. The summed E-state index contributed by atoms with van der Waals surface area (Å²) in [5, 5.41) is 2.76. The highest BCUT2D eigenvalue weighted by Gasteiger charge is 2.34. The number of Topliss-reactive ketones (excluding diaryl/α,β-unsaturated/α-hetero) is 1. The lowest BCUT2D eigenvalue weighted by molar-refractivity contribution is -0.128. The molecule has 1 N–H and O–H groups in total. The van der Waals surface area contributed by atoms with Gasteiger partial charge in [0.15, 0.2) is 5.78 Å². The van der Waals surface area contributed by atoms with Crippen LogP contribution in [0.4, 0.5) is 10.1 Å². The molecule has 1 atom stereocenters. The van der Waals surface area contributed by atoms with Crippen molar-refractivity contribution in [1.82, 2.24) is 4.90 Å². The van der Waals surface area contributed by atoms with Crippen LogP contribution in [0.15, 0.2) is 48.5 Å². The monoisotopic (exact) mass is 354 g/mol. The van der Waals surface area contributed by atoms with Crippen molar-refractivity contribution in [3.05, 3.63) is 65.5 Å². The van der Waals surface area contributed by atoms with Crippen LogP contribution < -0.4 is 5.32 Å². The van der Waals surface area contributed by atoms with Crippen LogP contribution in [-0.2, 0) is 16.1 Å². The maximum absolute atomic E-state index is 13.8. The quantitative estimate of drug-likeness (QED) is 0.840. The molecule has 1 saturated heterocycles. The molecule has 6 heteroatoms. The van der Waals surface area contributed by atoms with E-state index in [9.17, 15) is 18.8 Å². The Kier molecular flexibility index (Phi) is 5.11. The zero-order valence-electron chi connectivity index (χ0n) is 14.4. The lowest BCUT2D eigenvalue weighted by atomic mass is 10.1. The molecule has 1 unspecified atom stereocenters. The van der Waals surface area contributed by atoms with Crippen LogP contribution in [0.3, 0.4) is 0 Å². The number of benzene rings is 2. The van der Waals surface area contributed by atoms with Gasteiger partial charge < -0.3 is 10.2 Å². The fraction of sp³-hybridized carbons (Fsp3) is 0.250. The third-order valence-electron chi connectivity index (χ3n) is 4.46. The summed E-state index contributed by atoms with van der Waals surface area (Å²) in [5.74, 6) is -1.32. The number of anilines is 1. The van der Waals surface area contributed by atoms with Crippen LogP contribution in [0.1, 0.15) is 29.3 Å². The number of hydrogen-bond acceptors (Lipinski definition) is 3. The van der Waals surface area contributed by atoms with Crippen molar-refractivity contribution in [1.29, 1.82) is 0 Å².